The van der Waals surface area contributed by atoms with E-state index in [2.05, 4.69) is 17.3 Å². The fraction of sp³-hybridized carbons (Fsp3) is 0.929. The van der Waals surface area contributed by atoms with Gasteiger partial charge in [-0.1, -0.05) is 6.42 Å². The molecule has 0 spiro atoms. The Balaban J connectivity index is 1.88. The zero-order valence-electron chi connectivity index (χ0n) is 11.9. The molecule has 1 N–H and O–H groups in total. The summed E-state index contributed by atoms with van der Waals surface area (Å²) in [6, 6.07) is 0.700. The minimum atomic E-state index is -0.0548. The van der Waals surface area contributed by atoms with Crippen molar-refractivity contribution >= 4 is 5.97 Å². The van der Waals surface area contributed by atoms with E-state index in [-0.39, 0.29) is 5.97 Å². The molecule has 0 amide bonds. The molecule has 0 unspecified atom stereocenters. The molecule has 0 aliphatic carbocycles. The second-order valence-corrected chi connectivity index (χ2v) is 5.15. The number of hydrogen-bond acceptors (Lipinski definition) is 4. The number of ether oxygens (including phenoxy) is 1. The van der Waals surface area contributed by atoms with Crippen molar-refractivity contribution in [2.45, 2.75) is 51.5 Å². The zero-order chi connectivity index (χ0) is 13.2. The fourth-order valence-corrected chi connectivity index (χ4v) is 2.32. The highest BCUT2D eigenvalue weighted by Gasteiger charge is 2.15. The van der Waals surface area contributed by atoms with E-state index >= 15 is 0 Å². The van der Waals surface area contributed by atoms with Gasteiger partial charge in [0.1, 0.15) is 0 Å². The lowest BCUT2D eigenvalue weighted by Crippen LogP contribution is -2.41. The van der Waals surface area contributed by atoms with E-state index in [1.54, 1.807) is 0 Å². The van der Waals surface area contributed by atoms with Gasteiger partial charge in [-0.25, -0.2) is 0 Å². The van der Waals surface area contributed by atoms with Crippen LogP contribution in [0.3, 0.4) is 0 Å². The van der Waals surface area contributed by atoms with E-state index in [1.165, 1.54) is 25.9 Å². The summed E-state index contributed by atoms with van der Waals surface area (Å²) in [5.41, 5.74) is 0. The monoisotopic (exact) mass is 256 g/mol. The second kappa shape index (κ2) is 9.34. The predicted octanol–water partition coefficient (Wildman–Crippen LogP) is 1.79. The molecular weight excluding hydrogens is 228 g/mol. The van der Waals surface area contributed by atoms with Crippen LogP contribution in [0.15, 0.2) is 0 Å². The third-order valence-corrected chi connectivity index (χ3v) is 3.51. The molecule has 1 heterocycles. The first kappa shape index (κ1) is 15.4. The summed E-state index contributed by atoms with van der Waals surface area (Å²) in [6.45, 7) is 5.85. The quantitative estimate of drug-likeness (QED) is 0.531. The molecule has 1 aliphatic heterocycles. The van der Waals surface area contributed by atoms with Crippen LogP contribution in [0, 0.1) is 0 Å². The number of rotatable bonds is 8. The number of esters is 1. The minimum absolute atomic E-state index is 0.0548. The van der Waals surface area contributed by atoms with Crippen molar-refractivity contribution in [1.82, 2.24) is 10.2 Å². The van der Waals surface area contributed by atoms with Crippen LogP contribution in [0.5, 0.6) is 0 Å². The van der Waals surface area contributed by atoms with E-state index in [4.69, 9.17) is 4.74 Å². The third kappa shape index (κ3) is 6.97. The van der Waals surface area contributed by atoms with Crippen LogP contribution in [0.4, 0.5) is 0 Å². The Kier molecular flexibility index (Phi) is 8.01. The van der Waals surface area contributed by atoms with Crippen LogP contribution in [-0.2, 0) is 9.53 Å². The van der Waals surface area contributed by atoms with Crippen LogP contribution in [-0.4, -0.2) is 50.2 Å². The molecule has 18 heavy (non-hydrogen) atoms. The van der Waals surface area contributed by atoms with Gasteiger partial charge >= 0.3 is 5.97 Å². The maximum Gasteiger partial charge on any atom is 0.305 e. The van der Waals surface area contributed by atoms with Crippen LogP contribution in [0.2, 0.25) is 0 Å². The maximum atomic E-state index is 11.1. The second-order valence-electron chi connectivity index (χ2n) is 5.15. The Morgan fingerprint density at radius 3 is 2.67 bits per heavy atom. The van der Waals surface area contributed by atoms with Crippen LogP contribution < -0.4 is 5.32 Å². The fourth-order valence-electron chi connectivity index (χ4n) is 2.32. The summed E-state index contributed by atoms with van der Waals surface area (Å²) in [5.74, 6) is -0.0548. The topological polar surface area (TPSA) is 41.6 Å². The molecule has 1 fully saturated rings. The number of nitrogens with zero attached hydrogens (tertiary/aromatic N) is 1. The number of unbranched alkanes of at least 4 members (excludes halogenated alkanes) is 2. The van der Waals surface area contributed by atoms with Crippen molar-refractivity contribution in [3.63, 3.8) is 0 Å². The van der Waals surface area contributed by atoms with Crippen molar-refractivity contribution in [3.8, 4) is 0 Å². The Morgan fingerprint density at radius 1 is 1.28 bits per heavy atom. The zero-order valence-corrected chi connectivity index (χ0v) is 11.9. The largest absolute Gasteiger partial charge is 0.466 e. The summed E-state index contributed by atoms with van der Waals surface area (Å²) in [5, 5.41) is 3.61. The molecule has 0 atom stereocenters. The third-order valence-electron chi connectivity index (χ3n) is 3.51. The average Bonchev–Trinajstić information content (AvgIpc) is 2.36. The van der Waals surface area contributed by atoms with Gasteiger partial charge in [0.05, 0.1) is 6.61 Å². The number of hydrogen-bond donors (Lipinski definition) is 1. The van der Waals surface area contributed by atoms with Crippen LogP contribution in [0.1, 0.15) is 45.4 Å². The molecule has 0 bridgehead atoms. The van der Waals surface area contributed by atoms with Gasteiger partial charge in [-0.2, -0.15) is 0 Å². The SMILES string of the molecule is CCOC(=O)CCCCCNC1CCN(C)CC1. The number of nitrogens with one attached hydrogen (secondary N) is 1. The Bertz CT molecular complexity index is 226. The highest BCUT2D eigenvalue weighted by Crippen LogP contribution is 2.08. The van der Waals surface area contributed by atoms with Gasteiger partial charge in [0.2, 0.25) is 0 Å². The number of likely N-dealkylation sites (tertiary alicyclic amines) is 1. The van der Waals surface area contributed by atoms with E-state index in [9.17, 15) is 4.79 Å². The van der Waals surface area contributed by atoms with Gasteiger partial charge in [-0.15, -0.1) is 0 Å². The van der Waals surface area contributed by atoms with Crippen molar-refractivity contribution in [3.05, 3.63) is 0 Å². The van der Waals surface area contributed by atoms with Crippen molar-refractivity contribution in [2.75, 3.05) is 33.3 Å². The molecule has 1 saturated heterocycles. The standard InChI is InChI=1S/C14H28N2O2/c1-3-18-14(17)7-5-4-6-10-15-13-8-11-16(2)12-9-13/h13,15H,3-12H2,1-2H3. The van der Waals surface area contributed by atoms with E-state index in [0.29, 0.717) is 19.1 Å². The Labute approximate surface area is 111 Å². The molecule has 1 rings (SSSR count). The average molecular weight is 256 g/mol. The summed E-state index contributed by atoms with van der Waals surface area (Å²) in [7, 11) is 2.19. The Morgan fingerprint density at radius 2 is 2.00 bits per heavy atom. The lowest BCUT2D eigenvalue weighted by molar-refractivity contribution is -0.143. The van der Waals surface area contributed by atoms with Gasteiger partial charge in [-0.05, 0) is 59.3 Å². The smallest absolute Gasteiger partial charge is 0.305 e. The predicted molar refractivity (Wildman–Crippen MR) is 73.6 cm³/mol. The first-order valence-electron chi connectivity index (χ1n) is 7.30. The molecule has 4 heteroatoms. The molecule has 106 valence electrons. The van der Waals surface area contributed by atoms with Crippen molar-refractivity contribution < 1.29 is 9.53 Å². The van der Waals surface area contributed by atoms with E-state index in [1.807, 2.05) is 6.92 Å². The molecule has 0 aromatic rings. The van der Waals surface area contributed by atoms with Crippen molar-refractivity contribution in [1.29, 1.82) is 0 Å². The number of piperidine rings is 1. The minimum Gasteiger partial charge on any atom is -0.466 e. The molecule has 0 aromatic carbocycles. The molecule has 0 saturated carbocycles. The highest BCUT2D eigenvalue weighted by atomic mass is 16.5. The summed E-state index contributed by atoms with van der Waals surface area (Å²) >= 11 is 0. The van der Waals surface area contributed by atoms with Crippen LogP contribution in [0.25, 0.3) is 0 Å². The number of carbonyl (C=O) groups is 1. The van der Waals surface area contributed by atoms with Gasteiger partial charge in [-0.3, -0.25) is 4.79 Å². The highest BCUT2D eigenvalue weighted by molar-refractivity contribution is 5.69. The summed E-state index contributed by atoms with van der Waals surface area (Å²) < 4.78 is 4.89. The molecular formula is C14H28N2O2. The summed E-state index contributed by atoms with van der Waals surface area (Å²) in [6.07, 6.45) is 6.32. The van der Waals surface area contributed by atoms with Gasteiger partial charge in [0.15, 0.2) is 0 Å². The molecule has 0 aromatic heterocycles. The van der Waals surface area contributed by atoms with Gasteiger partial charge < -0.3 is 15.0 Å². The normalized spacial score (nSPS) is 17.9. The first-order chi connectivity index (χ1) is 8.72. The van der Waals surface area contributed by atoms with Gasteiger partial charge in [0, 0.05) is 12.5 Å². The van der Waals surface area contributed by atoms with E-state index < -0.39 is 0 Å². The van der Waals surface area contributed by atoms with Crippen LogP contribution >= 0.6 is 0 Å². The lowest BCUT2D eigenvalue weighted by Gasteiger charge is -2.29. The molecule has 4 nitrogen and oxygen atoms in total. The maximum absolute atomic E-state index is 11.1. The van der Waals surface area contributed by atoms with Crippen molar-refractivity contribution in [2.24, 2.45) is 0 Å². The Hall–Kier alpha value is -0.610. The van der Waals surface area contributed by atoms with E-state index in [0.717, 1.165) is 25.8 Å². The molecule has 0 radical (unpaired) electrons. The summed E-state index contributed by atoms with van der Waals surface area (Å²) in [4.78, 5) is 13.5. The molecule has 1 aliphatic rings. The van der Waals surface area contributed by atoms with Gasteiger partial charge in [0.25, 0.3) is 0 Å². The number of carbonyl (C=O) groups excluding carboxylic acids is 1. The first-order valence-corrected chi connectivity index (χ1v) is 7.30. The lowest BCUT2D eigenvalue weighted by atomic mass is 10.1.